The second-order valence-electron chi connectivity index (χ2n) is 1.03. The molecule has 0 saturated carbocycles. The van der Waals surface area contributed by atoms with Gasteiger partial charge >= 0.3 is 51.2 Å². The topological polar surface area (TPSA) is 121 Å². The minimum absolute atomic E-state index is 0. The molecule has 0 aromatic carbocycles. The predicted octanol–water partition coefficient (Wildman–Crippen LogP) is -2.54. The van der Waals surface area contributed by atoms with E-state index in [0.29, 0.717) is 0 Å². The zero-order valence-corrected chi connectivity index (χ0v) is 7.82. The molecule has 11 heavy (non-hydrogen) atoms. The molecule has 0 aromatic heterocycles. The van der Waals surface area contributed by atoms with Crippen molar-refractivity contribution in [3.8, 4) is 0 Å². The van der Waals surface area contributed by atoms with Gasteiger partial charge in [-0.15, -0.1) is 0 Å². The molecule has 0 spiro atoms. The normalized spacial score (nSPS) is 10.7. The molecule has 0 bridgehead atoms. The molecule has 0 aliphatic carbocycles. The summed E-state index contributed by atoms with van der Waals surface area (Å²) in [5.74, 6) is 0. The van der Waals surface area contributed by atoms with Gasteiger partial charge < -0.3 is 29.4 Å². The van der Waals surface area contributed by atoms with E-state index in [2.05, 4.69) is 23.6 Å². The molecule has 0 unspecified atom stereocenters. The molecule has 0 saturated heterocycles. The summed E-state index contributed by atoms with van der Waals surface area (Å²) in [5, 5.41) is 0. The Balaban J connectivity index is -0.000000107. The average Bonchev–Trinajstić information content (AvgIpc) is 1.12. The molecule has 11 heteroatoms. The summed E-state index contributed by atoms with van der Waals surface area (Å²) < 4.78 is 0. The number of hydrogen-bond acceptors (Lipinski definition) is 2. The molecule has 6 nitrogen and oxygen atoms in total. The van der Waals surface area contributed by atoms with Gasteiger partial charge in [0.25, 0.3) is 0 Å². The van der Waals surface area contributed by atoms with Crippen LogP contribution in [0.2, 0.25) is 0 Å². The van der Waals surface area contributed by atoms with E-state index in [1.165, 1.54) is 0 Å². The Hall–Kier alpha value is 2.32. The zero-order chi connectivity index (χ0) is 9.00. The molecule has 0 heterocycles. The van der Waals surface area contributed by atoms with Crippen molar-refractivity contribution in [2.45, 2.75) is 0 Å². The molecule has 0 aromatic rings. The van der Waals surface area contributed by atoms with E-state index in [0.717, 1.165) is 0 Å². The van der Waals surface area contributed by atoms with E-state index in [1.54, 1.807) is 0 Å². The van der Waals surface area contributed by atoms with Crippen LogP contribution in [-0.2, 0) is 23.6 Å². The third-order valence-electron chi connectivity index (χ3n) is 0. The van der Waals surface area contributed by atoms with Gasteiger partial charge in [-0.3, -0.25) is 0 Å². The molecule has 6 N–H and O–H groups in total. The fraction of sp³-hybridized carbons (Fsp3) is 0. The third-order valence-corrected chi connectivity index (χ3v) is 0. The molecule has 0 fully saturated rings. The third kappa shape index (κ3) is 244. The van der Waals surface area contributed by atoms with E-state index in [-0.39, 0.29) is 37.7 Å². The van der Waals surface area contributed by atoms with Gasteiger partial charge in [0, 0.05) is 0 Å². The zero-order valence-electron chi connectivity index (χ0n) is 4.39. The van der Waals surface area contributed by atoms with Crippen LogP contribution in [0.5, 0.6) is 0 Å². The van der Waals surface area contributed by atoms with E-state index in [9.17, 15) is 0 Å². The fourth-order valence-corrected chi connectivity index (χ4v) is 0. The van der Waals surface area contributed by atoms with Gasteiger partial charge in [-0.25, -0.2) is 0 Å². The van der Waals surface area contributed by atoms with Gasteiger partial charge in [0.15, 0.2) is 0 Å². The van der Waals surface area contributed by atoms with Crippen LogP contribution >= 0.6 is 13.4 Å². The summed E-state index contributed by atoms with van der Waals surface area (Å²) in [6.45, 7) is -7.61. The van der Waals surface area contributed by atoms with Gasteiger partial charge in [-0.1, -0.05) is 0 Å². The number of hydrogen-bond donors (Lipinski definition) is 6. The minimum atomic E-state index is -3.81. The van der Waals surface area contributed by atoms with E-state index >= 15 is 0 Å². The van der Waals surface area contributed by atoms with Crippen LogP contribution in [0.25, 0.3) is 0 Å². The SMILES string of the molecule is OP(O)(O)=S.OP(O)(O)=S.[CaH2]. The van der Waals surface area contributed by atoms with Crippen LogP contribution in [0.4, 0.5) is 0 Å². The Kier molecular flexibility index (Phi) is 13.3. The molecular formula is H8CaO6P2S2. The van der Waals surface area contributed by atoms with Gasteiger partial charge in [0.1, 0.15) is 0 Å². The van der Waals surface area contributed by atoms with Crippen molar-refractivity contribution >= 4 is 74.8 Å². The molecule has 0 aliphatic rings. The first-order valence-electron chi connectivity index (χ1n) is 1.57. The summed E-state index contributed by atoms with van der Waals surface area (Å²) in [6.07, 6.45) is 0. The first-order valence-corrected chi connectivity index (χ1v) is 6.89. The van der Waals surface area contributed by atoms with Crippen molar-refractivity contribution in [2.75, 3.05) is 0 Å². The summed E-state index contributed by atoms with van der Waals surface area (Å²) in [4.78, 5) is 45.3. The predicted molar refractivity (Wildman–Crippen MR) is 50.4 cm³/mol. The maximum absolute atomic E-state index is 7.56. The van der Waals surface area contributed by atoms with Crippen LogP contribution in [0.3, 0.4) is 0 Å². The average molecular weight is 270 g/mol. The van der Waals surface area contributed by atoms with Crippen LogP contribution in [0.15, 0.2) is 0 Å². The molecule has 68 valence electrons. The number of rotatable bonds is 0. The second kappa shape index (κ2) is 7.70. The van der Waals surface area contributed by atoms with Crippen LogP contribution in [0, 0.1) is 0 Å². The Morgan fingerprint density at radius 1 is 0.636 bits per heavy atom. The van der Waals surface area contributed by atoms with Crippen molar-refractivity contribution in [1.29, 1.82) is 0 Å². The monoisotopic (exact) mass is 270 g/mol. The van der Waals surface area contributed by atoms with E-state index in [1.807, 2.05) is 0 Å². The van der Waals surface area contributed by atoms with Crippen molar-refractivity contribution in [3.63, 3.8) is 0 Å². The fourth-order valence-electron chi connectivity index (χ4n) is 0. The van der Waals surface area contributed by atoms with Crippen LogP contribution in [-0.4, -0.2) is 67.1 Å². The van der Waals surface area contributed by atoms with Crippen molar-refractivity contribution in [3.05, 3.63) is 0 Å². The van der Waals surface area contributed by atoms with Gasteiger partial charge in [0.2, 0.25) is 0 Å². The second-order valence-corrected chi connectivity index (χ2v) is 6.02. The first kappa shape index (κ1) is 19.0. The van der Waals surface area contributed by atoms with Crippen LogP contribution < -0.4 is 0 Å². The van der Waals surface area contributed by atoms with Crippen molar-refractivity contribution in [1.82, 2.24) is 0 Å². The molecule has 0 atom stereocenters. The van der Waals surface area contributed by atoms with E-state index in [4.69, 9.17) is 29.4 Å². The molecule has 0 radical (unpaired) electrons. The summed E-state index contributed by atoms with van der Waals surface area (Å²) in [7, 11) is 0. The quantitative estimate of drug-likeness (QED) is 0.210. The van der Waals surface area contributed by atoms with Crippen molar-refractivity contribution < 1.29 is 29.4 Å². The van der Waals surface area contributed by atoms with E-state index < -0.39 is 13.4 Å². The van der Waals surface area contributed by atoms with Gasteiger partial charge in [-0.2, -0.15) is 0 Å². The molecule has 0 rings (SSSR count). The Morgan fingerprint density at radius 2 is 0.636 bits per heavy atom. The Labute approximate surface area is 103 Å². The summed E-state index contributed by atoms with van der Waals surface area (Å²) in [6, 6.07) is 0. The molecule has 0 amide bonds. The summed E-state index contributed by atoms with van der Waals surface area (Å²) >= 11 is 7.21. The van der Waals surface area contributed by atoms with Gasteiger partial charge in [0.05, 0.1) is 0 Å². The van der Waals surface area contributed by atoms with Crippen molar-refractivity contribution in [2.24, 2.45) is 0 Å². The van der Waals surface area contributed by atoms with Gasteiger partial charge in [-0.05, 0) is 23.6 Å². The maximum atomic E-state index is 7.56. The van der Waals surface area contributed by atoms with Crippen LogP contribution in [0.1, 0.15) is 0 Å². The standard InChI is InChI=1S/Ca.2H3O3PS.2H/c;2*1-4(2,3)5;;/h;2*(H3,1,2,3,5);;. The Morgan fingerprint density at radius 3 is 0.636 bits per heavy atom. The molecule has 0 aliphatic heterocycles. The Bertz CT molecular complexity index is 131. The summed E-state index contributed by atoms with van der Waals surface area (Å²) in [5.41, 5.74) is 0. The molecular weight excluding hydrogens is 262 g/mol. The first-order chi connectivity index (χ1) is 4.00.